The van der Waals surface area contributed by atoms with Crippen molar-refractivity contribution in [2.24, 2.45) is 0 Å². The van der Waals surface area contributed by atoms with E-state index in [0.29, 0.717) is 38.6 Å². The molecular formula is C10H20O6. The van der Waals surface area contributed by atoms with E-state index < -0.39 is 0 Å². The van der Waals surface area contributed by atoms with Crippen LogP contribution in [0.25, 0.3) is 0 Å². The maximum absolute atomic E-state index is 7.62. The minimum atomic E-state index is -0.125. The maximum atomic E-state index is 7.62. The normalized spacial score (nSPS) is 25.9. The predicted molar refractivity (Wildman–Crippen MR) is 55.3 cm³/mol. The van der Waals surface area contributed by atoms with E-state index in [9.17, 15) is 0 Å². The molecule has 0 spiro atoms. The summed E-state index contributed by atoms with van der Waals surface area (Å²) in [6, 6.07) is 0. The molecule has 2 atom stereocenters. The van der Waals surface area contributed by atoms with Crippen LogP contribution in [0.1, 0.15) is 0 Å². The van der Waals surface area contributed by atoms with Gasteiger partial charge >= 0.3 is 0 Å². The lowest BCUT2D eigenvalue weighted by atomic mass is 10.5. The van der Waals surface area contributed by atoms with Crippen molar-refractivity contribution in [1.29, 1.82) is 0 Å². The van der Waals surface area contributed by atoms with Gasteiger partial charge in [-0.3, -0.25) is 0 Å². The molecule has 0 saturated carbocycles. The van der Waals surface area contributed by atoms with Crippen LogP contribution in [0.15, 0.2) is 0 Å². The lowest BCUT2D eigenvalue weighted by molar-refractivity contribution is 0.0366. The summed E-state index contributed by atoms with van der Waals surface area (Å²) in [4.78, 5) is 0. The predicted octanol–water partition coefficient (Wildman–Crippen LogP) is -1.21. The number of hydrogen-bond acceptors (Lipinski definition) is 6. The Kier molecular flexibility index (Phi) is 7.65. The monoisotopic (exact) mass is 236 g/mol. The van der Waals surface area contributed by atoms with Crippen LogP contribution >= 0.6 is 0 Å². The van der Waals surface area contributed by atoms with Gasteiger partial charge in [-0.1, -0.05) is 0 Å². The first-order valence-corrected chi connectivity index (χ1v) is 5.47. The topological polar surface area (TPSA) is 84.0 Å². The van der Waals surface area contributed by atoms with Crippen molar-refractivity contribution in [2.45, 2.75) is 12.2 Å². The van der Waals surface area contributed by atoms with E-state index in [1.165, 1.54) is 0 Å². The van der Waals surface area contributed by atoms with Gasteiger partial charge in [-0.2, -0.15) is 0 Å². The van der Waals surface area contributed by atoms with Gasteiger partial charge in [0.25, 0.3) is 0 Å². The van der Waals surface area contributed by atoms with Gasteiger partial charge in [-0.05, 0) is 0 Å². The van der Waals surface area contributed by atoms with Gasteiger partial charge in [0.05, 0.1) is 52.9 Å². The van der Waals surface area contributed by atoms with Crippen LogP contribution in [0.3, 0.4) is 0 Å². The Hall–Kier alpha value is -0.240. The highest BCUT2D eigenvalue weighted by Crippen LogP contribution is 2.09. The fourth-order valence-corrected chi connectivity index (χ4v) is 0.876. The molecule has 0 bridgehead atoms. The summed E-state index contributed by atoms with van der Waals surface area (Å²) in [7, 11) is 0. The Balaban J connectivity index is 0.000000280. The number of ether oxygens (including phenoxy) is 4. The number of rotatable bonds is 8. The molecule has 2 aliphatic heterocycles. The van der Waals surface area contributed by atoms with Crippen LogP contribution in [-0.2, 0) is 18.9 Å². The van der Waals surface area contributed by atoms with Gasteiger partial charge in [0.15, 0.2) is 0 Å². The smallest absolute Gasteiger partial charge is 0.104 e. The van der Waals surface area contributed by atoms with Crippen molar-refractivity contribution in [1.82, 2.24) is 0 Å². The third-order valence-electron chi connectivity index (χ3n) is 1.88. The van der Waals surface area contributed by atoms with E-state index in [-0.39, 0.29) is 13.2 Å². The van der Waals surface area contributed by atoms with Crippen LogP contribution in [0, 0.1) is 0 Å². The van der Waals surface area contributed by atoms with Crippen LogP contribution < -0.4 is 0 Å². The summed E-state index contributed by atoms with van der Waals surface area (Å²) in [5.41, 5.74) is 0. The SMILES string of the molecule is C(COCC1CO1)OCC1CO1.OCCO. The first-order valence-electron chi connectivity index (χ1n) is 5.47. The average Bonchev–Trinajstić information content (AvgIpc) is 3.16. The quantitative estimate of drug-likeness (QED) is 0.406. The fraction of sp³-hybridized carbons (Fsp3) is 1.00. The molecule has 0 radical (unpaired) electrons. The third-order valence-corrected chi connectivity index (χ3v) is 1.88. The highest BCUT2D eigenvalue weighted by molar-refractivity contribution is 4.68. The van der Waals surface area contributed by atoms with Crippen molar-refractivity contribution >= 4 is 0 Å². The maximum Gasteiger partial charge on any atom is 0.104 e. The first-order chi connectivity index (χ1) is 7.86. The molecule has 0 aromatic carbocycles. The highest BCUT2D eigenvalue weighted by atomic mass is 16.6. The minimum Gasteiger partial charge on any atom is -0.394 e. The molecular weight excluding hydrogens is 216 g/mol. The van der Waals surface area contributed by atoms with E-state index >= 15 is 0 Å². The van der Waals surface area contributed by atoms with Crippen molar-refractivity contribution in [2.75, 3.05) is 52.9 Å². The lowest BCUT2D eigenvalue weighted by Gasteiger charge is -2.02. The summed E-state index contributed by atoms with van der Waals surface area (Å²) in [6.45, 7) is 4.21. The summed E-state index contributed by atoms with van der Waals surface area (Å²) in [5.74, 6) is 0. The van der Waals surface area contributed by atoms with E-state index in [1.54, 1.807) is 0 Å². The third kappa shape index (κ3) is 9.02. The van der Waals surface area contributed by atoms with Gasteiger partial charge < -0.3 is 29.2 Å². The molecule has 2 heterocycles. The zero-order valence-electron chi connectivity index (χ0n) is 9.34. The molecule has 6 heteroatoms. The Morgan fingerprint density at radius 2 is 1.25 bits per heavy atom. The number of aliphatic hydroxyl groups excluding tert-OH is 2. The molecule has 2 aliphatic rings. The molecule has 2 N–H and O–H groups in total. The Bertz CT molecular complexity index is 139. The van der Waals surface area contributed by atoms with Gasteiger partial charge in [-0.15, -0.1) is 0 Å². The average molecular weight is 236 g/mol. The van der Waals surface area contributed by atoms with E-state index in [4.69, 9.17) is 29.2 Å². The molecule has 0 amide bonds. The van der Waals surface area contributed by atoms with Crippen LogP contribution in [-0.4, -0.2) is 75.3 Å². The summed E-state index contributed by atoms with van der Waals surface area (Å²) in [6.07, 6.45) is 0.716. The van der Waals surface area contributed by atoms with Gasteiger partial charge in [0, 0.05) is 0 Å². The second-order valence-corrected chi connectivity index (χ2v) is 3.51. The molecule has 2 rings (SSSR count). The van der Waals surface area contributed by atoms with Crippen molar-refractivity contribution in [3.63, 3.8) is 0 Å². The Morgan fingerprint density at radius 1 is 0.875 bits per heavy atom. The molecule has 2 unspecified atom stereocenters. The lowest BCUT2D eigenvalue weighted by Crippen LogP contribution is -2.10. The molecule has 16 heavy (non-hydrogen) atoms. The second-order valence-electron chi connectivity index (χ2n) is 3.51. The van der Waals surface area contributed by atoms with Crippen LogP contribution in [0.4, 0.5) is 0 Å². The molecule has 0 aromatic heterocycles. The highest BCUT2D eigenvalue weighted by Gasteiger charge is 2.23. The Morgan fingerprint density at radius 3 is 1.50 bits per heavy atom. The largest absolute Gasteiger partial charge is 0.394 e. The molecule has 0 aromatic rings. The second kappa shape index (κ2) is 8.86. The molecule has 2 fully saturated rings. The van der Waals surface area contributed by atoms with Crippen molar-refractivity contribution in [3.8, 4) is 0 Å². The minimum absolute atomic E-state index is 0.125. The van der Waals surface area contributed by atoms with Crippen molar-refractivity contribution < 1.29 is 29.2 Å². The molecule has 6 nitrogen and oxygen atoms in total. The van der Waals surface area contributed by atoms with E-state index in [2.05, 4.69) is 0 Å². The zero-order valence-corrected chi connectivity index (χ0v) is 9.34. The van der Waals surface area contributed by atoms with Gasteiger partial charge in [0.1, 0.15) is 12.2 Å². The van der Waals surface area contributed by atoms with Crippen LogP contribution in [0.5, 0.6) is 0 Å². The summed E-state index contributed by atoms with van der Waals surface area (Å²) in [5, 5.41) is 15.2. The first kappa shape index (κ1) is 13.8. The molecule has 2 saturated heterocycles. The standard InChI is InChI=1S/C8H14O4.C2H6O2/c1(9-3-7-5-11-7)2-10-4-8-6-12-8;3-1-2-4/h7-8H,1-6H2;3-4H,1-2H2. The number of hydrogen-bond donors (Lipinski definition) is 2. The van der Waals surface area contributed by atoms with E-state index in [1.807, 2.05) is 0 Å². The summed E-state index contributed by atoms with van der Waals surface area (Å²) >= 11 is 0. The molecule has 96 valence electrons. The fourth-order valence-electron chi connectivity index (χ4n) is 0.876. The Labute approximate surface area is 95.1 Å². The van der Waals surface area contributed by atoms with Gasteiger partial charge in [0.2, 0.25) is 0 Å². The van der Waals surface area contributed by atoms with Crippen molar-refractivity contribution in [3.05, 3.63) is 0 Å². The molecule has 0 aliphatic carbocycles. The number of aliphatic hydroxyl groups is 2. The van der Waals surface area contributed by atoms with Gasteiger partial charge in [-0.25, -0.2) is 0 Å². The summed E-state index contributed by atoms with van der Waals surface area (Å²) < 4.78 is 20.5. The number of epoxide rings is 2. The zero-order chi connectivity index (χ0) is 11.6. The van der Waals surface area contributed by atoms with Crippen LogP contribution in [0.2, 0.25) is 0 Å². The van der Waals surface area contributed by atoms with E-state index in [0.717, 1.165) is 13.2 Å².